The van der Waals surface area contributed by atoms with Gasteiger partial charge in [-0.1, -0.05) is 20.8 Å². The second-order valence-electron chi connectivity index (χ2n) is 9.89. The summed E-state index contributed by atoms with van der Waals surface area (Å²) in [7, 11) is 3.15. The predicted octanol–water partition coefficient (Wildman–Crippen LogP) is 5.68. The van der Waals surface area contributed by atoms with Gasteiger partial charge in [0, 0.05) is 36.5 Å². The zero-order chi connectivity index (χ0) is 28.2. The topological polar surface area (TPSA) is 119 Å². The lowest BCUT2D eigenvalue weighted by atomic mass is 9.92. The number of carbonyl (C=O) groups is 2. The van der Waals surface area contributed by atoms with Crippen LogP contribution in [0.1, 0.15) is 42.5 Å². The monoisotopic (exact) mass is 528 g/mol. The zero-order valence-electron chi connectivity index (χ0n) is 22.8. The van der Waals surface area contributed by atoms with Gasteiger partial charge in [-0.25, -0.2) is 9.48 Å². The fourth-order valence-corrected chi connectivity index (χ4v) is 3.73. The Bertz CT molecular complexity index is 1490. The minimum absolute atomic E-state index is 0.215. The summed E-state index contributed by atoms with van der Waals surface area (Å²) in [6.07, 6.45) is 1.51. The van der Waals surface area contributed by atoms with Gasteiger partial charge in [0.1, 0.15) is 28.8 Å². The summed E-state index contributed by atoms with van der Waals surface area (Å²) >= 11 is 0. The average molecular weight is 529 g/mol. The van der Waals surface area contributed by atoms with Gasteiger partial charge in [-0.05, 0) is 61.0 Å². The largest absolute Gasteiger partial charge is 0.497 e. The van der Waals surface area contributed by atoms with Gasteiger partial charge in [0.05, 0.1) is 18.5 Å². The van der Waals surface area contributed by atoms with Gasteiger partial charge in [0.15, 0.2) is 0 Å². The van der Waals surface area contributed by atoms with Gasteiger partial charge in [0.25, 0.3) is 5.91 Å². The maximum absolute atomic E-state index is 13.0. The third-order valence-corrected chi connectivity index (χ3v) is 5.89. The number of aromatic nitrogens is 3. The van der Waals surface area contributed by atoms with Crippen LogP contribution in [0.5, 0.6) is 17.2 Å². The van der Waals surface area contributed by atoms with Crippen molar-refractivity contribution in [3.8, 4) is 22.9 Å². The van der Waals surface area contributed by atoms with Crippen molar-refractivity contribution in [2.75, 3.05) is 24.8 Å². The van der Waals surface area contributed by atoms with E-state index in [1.54, 1.807) is 49.2 Å². The highest BCUT2D eigenvalue weighted by Crippen LogP contribution is 2.29. The Kier molecular flexibility index (Phi) is 7.85. The molecule has 4 aromatic rings. The maximum Gasteiger partial charge on any atom is 0.324 e. The van der Waals surface area contributed by atoms with E-state index in [-0.39, 0.29) is 17.0 Å². The van der Waals surface area contributed by atoms with Crippen LogP contribution in [0, 0.1) is 6.92 Å². The Hall–Kier alpha value is -4.86. The molecule has 0 saturated carbocycles. The molecule has 0 aliphatic carbocycles. The Morgan fingerprint density at radius 3 is 2.31 bits per heavy atom. The lowest BCUT2D eigenvalue weighted by Gasteiger charge is -2.14. The van der Waals surface area contributed by atoms with E-state index in [4.69, 9.17) is 14.6 Å². The molecule has 0 atom stereocenters. The van der Waals surface area contributed by atoms with Crippen molar-refractivity contribution in [1.82, 2.24) is 20.1 Å². The van der Waals surface area contributed by atoms with Crippen LogP contribution >= 0.6 is 0 Å². The third kappa shape index (κ3) is 6.53. The van der Waals surface area contributed by atoms with Gasteiger partial charge in [0.2, 0.25) is 0 Å². The molecular formula is C29H32N6O4. The van der Waals surface area contributed by atoms with Crippen molar-refractivity contribution in [1.29, 1.82) is 0 Å². The van der Waals surface area contributed by atoms with Gasteiger partial charge in [-0.2, -0.15) is 5.10 Å². The summed E-state index contributed by atoms with van der Waals surface area (Å²) in [5.74, 6) is 2.02. The minimum Gasteiger partial charge on any atom is -0.497 e. The number of urea groups is 1. The van der Waals surface area contributed by atoms with E-state index >= 15 is 0 Å². The first-order valence-corrected chi connectivity index (χ1v) is 12.4. The molecular weight excluding hydrogens is 496 g/mol. The number of benzene rings is 2. The molecule has 0 saturated heterocycles. The summed E-state index contributed by atoms with van der Waals surface area (Å²) < 4.78 is 12.9. The van der Waals surface area contributed by atoms with E-state index in [0.29, 0.717) is 23.0 Å². The number of aryl methyl sites for hydroxylation is 1. The number of hydrogen-bond acceptors (Lipinski definition) is 6. The predicted molar refractivity (Wildman–Crippen MR) is 150 cm³/mol. The van der Waals surface area contributed by atoms with Crippen LogP contribution in [0.15, 0.2) is 66.9 Å². The second-order valence-corrected chi connectivity index (χ2v) is 9.89. The Morgan fingerprint density at radius 1 is 0.923 bits per heavy atom. The normalized spacial score (nSPS) is 11.0. The Balaban J connectivity index is 1.50. The Labute approximate surface area is 227 Å². The summed E-state index contributed by atoms with van der Waals surface area (Å²) in [6.45, 7) is 8.06. The van der Waals surface area contributed by atoms with Gasteiger partial charge in [-0.15, -0.1) is 0 Å². The van der Waals surface area contributed by atoms with Gasteiger partial charge >= 0.3 is 6.03 Å². The summed E-state index contributed by atoms with van der Waals surface area (Å²) in [5.41, 5.74) is 3.05. The van der Waals surface area contributed by atoms with E-state index < -0.39 is 6.03 Å². The quantitative estimate of drug-likeness (QED) is 0.284. The highest BCUT2D eigenvalue weighted by Gasteiger charge is 2.22. The molecule has 3 amide bonds. The van der Waals surface area contributed by atoms with Gasteiger partial charge < -0.3 is 20.1 Å². The van der Waals surface area contributed by atoms with Crippen molar-refractivity contribution in [2.45, 2.75) is 33.1 Å². The van der Waals surface area contributed by atoms with Crippen LogP contribution in [-0.2, 0) is 5.41 Å². The number of pyridine rings is 1. The van der Waals surface area contributed by atoms with Crippen LogP contribution in [0.3, 0.4) is 0 Å². The molecule has 0 spiro atoms. The van der Waals surface area contributed by atoms with E-state index in [1.807, 2.05) is 37.3 Å². The number of hydrogen-bond donors (Lipinski definition) is 3. The molecule has 0 fully saturated rings. The van der Waals surface area contributed by atoms with Crippen molar-refractivity contribution in [3.63, 3.8) is 0 Å². The number of amides is 3. The molecule has 202 valence electrons. The first kappa shape index (κ1) is 27.2. The summed E-state index contributed by atoms with van der Waals surface area (Å²) in [5, 5.41) is 13.1. The number of nitrogens with zero attached hydrogens (tertiary/aromatic N) is 3. The lowest BCUT2D eigenvalue weighted by molar-refractivity contribution is 0.0957. The summed E-state index contributed by atoms with van der Waals surface area (Å²) in [6, 6.07) is 17.4. The molecule has 2 heterocycles. The smallest absolute Gasteiger partial charge is 0.324 e. The van der Waals surface area contributed by atoms with E-state index in [2.05, 4.69) is 41.7 Å². The van der Waals surface area contributed by atoms with Crippen LogP contribution in [0.2, 0.25) is 0 Å². The molecule has 0 aliphatic rings. The maximum atomic E-state index is 13.0. The van der Waals surface area contributed by atoms with Gasteiger partial charge in [-0.3, -0.25) is 15.1 Å². The molecule has 10 nitrogen and oxygen atoms in total. The molecule has 10 heteroatoms. The van der Waals surface area contributed by atoms with E-state index in [0.717, 1.165) is 22.7 Å². The van der Waals surface area contributed by atoms with Crippen LogP contribution < -0.4 is 25.4 Å². The van der Waals surface area contributed by atoms with Crippen LogP contribution in [0.4, 0.5) is 16.3 Å². The van der Waals surface area contributed by atoms with Crippen molar-refractivity contribution < 1.29 is 19.1 Å². The lowest BCUT2D eigenvalue weighted by Crippen LogP contribution is -2.21. The second kappa shape index (κ2) is 11.3. The van der Waals surface area contributed by atoms with Crippen LogP contribution in [-0.4, -0.2) is 40.9 Å². The number of nitrogens with one attached hydrogen (secondary N) is 3. The molecule has 0 aliphatic heterocycles. The first-order chi connectivity index (χ1) is 18.6. The summed E-state index contributed by atoms with van der Waals surface area (Å²) in [4.78, 5) is 28.9. The number of anilines is 2. The molecule has 4 rings (SSSR count). The standard InChI is InChI=1S/C29H32N6O4/c1-18-15-19(7-12-24(18)39-22-13-14-31-23(16-22)27(36)30-5)32-28(37)33-26-17-25(29(2,3)4)34-35(26)20-8-10-21(38-6)11-9-20/h7-17H,1-6H3,(H,30,36)(H2,32,33,37). The Morgan fingerprint density at radius 2 is 1.67 bits per heavy atom. The number of rotatable bonds is 7. The fourth-order valence-electron chi connectivity index (χ4n) is 3.73. The highest BCUT2D eigenvalue weighted by molar-refractivity contribution is 5.99. The number of ether oxygens (including phenoxy) is 2. The van der Waals surface area contributed by atoms with Crippen LogP contribution in [0.25, 0.3) is 5.69 Å². The zero-order valence-corrected chi connectivity index (χ0v) is 22.8. The average Bonchev–Trinajstić information content (AvgIpc) is 3.34. The third-order valence-electron chi connectivity index (χ3n) is 5.89. The van der Waals surface area contributed by atoms with E-state index in [9.17, 15) is 9.59 Å². The molecule has 2 aromatic heterocycles. The van der Waals surface area contributed by atoms with Crippen molar-refractivity contribution in [3.05, 3.63) is 83.8 Å². The highest BCUT2D eigenvalue weighted by atomic mass is 16.5. The fraction of sp³-hybridized carbons (Fsp3) is 0.241. The SMILES string of the molecule is CNC(=O)c1cc(Oc2ccc(NC(=O)Nc3cc(C(C)(C)C)nn3-c3ccc(OC)cc3)cc2C)ccn1. The minimum atomic E-state index is -0.414. The van der Waals surface area contributed by atoms with E-state index in [1.165, 1.54) is 6.20 Å². The molecule has 3 N–H and O–H groups in total. The first-order valence-electron chi connectivity index (χ1n) is 12.4. The molecule has 0 bridgehead atoms. The molecule has 39 heavy (non-hydrogen) atoms. The molecule has 0 unspecified atom stereocenters. The van der Waals surface area contributed by atoms with Crippen molar-refractivity contribution >= 4 is 23.4 Å². The number of methoxy groups -OCH3 is 1. The molecule has 2 aromatic carbocycles. The van der Waals surface area contributed by atoms with Crippen molar-refractivity contribution in [2.24, 2.45) is 0 Å². The number of carbonyl (C=O) groups excluding carboxylic acids is 2. The molecule has 0 radical (unpaired) electrons.